The van der Waals surface area contributed by atoms with Gasteiger partial charge in [-0.3, -0.25) is 14.5 Å². The molecule has 6 heteroatoms. The molecule has 2 aromatic heterocycles. The fraction of sp³-hybridized carbons (Fsp3) is 0.0800. The first-order valence-corrected chi connectivity index (χ1v) is 9.96. The standard InChI is InChI=1S/C25H19FN4O/c1-16-10-12-17(13-11-16)24-19-14-27-21-8-4-2-6-18(21)25(19)30(29-24)15-23(31)28-22-9-5-3-7-20(22)26/h2-14H,15H2,1H3,(H,28,31). The molecule has 5 nitrogen and oxygen atoms in total. The van der Waals surface area contributed by atoms with Gasteiger partial charge in [-0.1, -0.05) is 60.2 Å². The SMILES string of the molecule is Cc1ccc(-c2nn(CC(=O)Nc3ccccc3F)c3c2cnc2ccccc23)cc1. The summed E-state index contributed by atoms with van der Waals surface area (Å²) in [6.07, 6.45) is 1.80. The molecule has 0 aliphatic carbocycles. The van der Waals surface area contributed by atoms with Crippen LogP contribution in [-0.4, -0.2) is 20.7 Å². The Kier molecular flexibility index (Phi) is 4.67. The van der Waals surface area contributed by atoms with Crippen molar-refractivity contribution in [2.45, 2.75) is 13.5 Å². The van der Waals surface area contributed by atoms with Gasteiger partial charge >= 0.3 is 0 Å². The number of rotatable bonds is 4. The minimum atomic E-state index is -0.476. The number of para-hydroxylation sites is 2. The molecule has 0 saturated carbocycles. The maximum Gasteiger partial charge on any atom is 0.246 e. The largest absolute Gasteiger partial charge is 0.322 e. The third-order valence-electron chi connectivity index (χ3n) is 5.25. The number of halogens is 1. The van der Waals surface area contributed by atoms with Crippen LogP contribution in [0.15, 0.2) is 79.0 Å². The van der Waals surface area contributed by atoms with Gasteiger partial charge in [-0.05, 0) is 25.1 Å². The van der Waals surface area contributed by atoms with Crippen molar-refractivity contribution in [1.29, 1.82) is 0 Å². The van der Waals surface area contributed by atoms with Crippen LogP contribution in [0.4, 0.5) is 10.1 Å². The number of carbonyl (C=O) groups excluding carboxylic acids is 1. The Morgan fingerprint density at radius 1 is 0.968 bits per heavy atom. The van der Waals surface area contributed by atoms with Crippen molar-refractivity contribution in [3.63, 3.8) is 0 Å². The molecule has 1 N–H and O–H groups in total. The van der Waals surface area contributed by atoms with Crippen molar-refractivity contribution >= 4 is 33.4 Å². The number of pyridine rings is 1. The quantitative estimate of drug-likeness (QED) is 0.435. The second kappa shape index (κ2) is 7.65. The average molecular weight is 410 g/mol. The number of anilines is 1. The van der Waals surface area contributed by atoms with Crippen molar-refractivity contribution < 1.29 is 9.18 Å². The van der Waals surface area contributed by atoms with Gasteiger partial charge in [0.1, 0.15) is 18.1 Å². The van der Waals surface area contributed by atoms with E-state index < -0.39 is 5.82 Å². The van der Waals surface area contributed by atoms with E-state index in [9.17, 15) is 9.18 Å². The van der Waals surface area contributed by atoms with E-state index in [-0.39, 0.29) is 18.1 Å². The van der Waals surface area contributed by atoms with Gasteiger partial charge in [0.2, 0.25) is 5.91 Å². The zero-order valence-corrected chi connectivity index (χ0v) is 16.8. The molecule has 2 heterocycles. The predicted octanol–water partition coefficient (Wildman–Crippen LogP) is 5.34. The number of nitrogens with one attached hydrogen (secondary N) is 1. The van der Waals surface area contributed by atoms with E-state index in [0.717, 1.165) is 38.6 Å². The predicted molar refractivity (Wildman–Crippen MR) is 120 cm³/mol. The molecule has 0 saturated heterocycles. The first-order chi connectivity index (χ1) is 15.1. The third kappa shape index (κ3) is 3.53. The summed E-state index contributed by atoms with van der Waals surface area (Å²) in [6.45, 7) is 1.98. The van der Waals surface area contributed by atoms with Gasteiger partial charge in [-0.15, -0.1) is 0 Å². The number of aryl methyl sites for hydroxylation is 1. The highest BCUT2D eigenvalue weighted by atomic mass is 19.1. The highest BCUT2D eigenvalue weighted by Crippen LogP contribution is 2.32. The normalized spacial score (nSPS) is 11.2. The van der Waals surface area contributed by atoms with Crippen LogP contribution in [0.5, 0.6) is 0 Å². The van der Waals surface area contributed by atoms with E-state index in [1.807, 2.05) is 55.5 Å². The highest BCUT2D eigenvalue weighted by Gasteiger charge is 2.18. The molecule has 1 amide bonds. The van der Waals surface area contributed by atoms with E-state index in [1.54, 1.807) is 23.0 Å². The van der Waals surface area contributed by atoms with E-state index in [2.05, 4.69) is 10.3 Å². The minimum Gasteiger partial charge on any atom is -0.322 e. The first kappa shape index (κ1) is 18.9. The van der Waals surface area contributed by atoms with Crippen LogP contribution in [0, 0.1) is 12.7 Å². The molecule has 0 bridgehead atoms. The molecule has 5 rings (SSSR count). The third-order valence-corrected chi connectivity index (χ3v) is 5.25. The van der Waals surface area contributed by atoms with Gasteiger partial charge in [-0.2, -0.15) is 5.10 Å². The van der Waals surface area contributed by atoms with E-state index in [1.165, 1.54) is 12.1 Å². The summed E-state index contributed by atoms with van der Waals surface area (Å²) < 4.78 is 15.6. The van der Waals surface area contributed by atoms with Gasteiger partial charge in [0.25, 0.3) is 0 Å². The maximum absolute atomic E-state index is 14.0. The van der Waals surface area contributed by atoms with Crippen LogP contribution in [0.3, 0.4) is 0 Å². The van der Waals surface area contributed by atoms with Crippen molar-refractivity contribution in [3.8, 4) is 11.3 Å². The van der Waals surface area contributed by atoms with E-state index in [0.29, 0.717) is 0 Å². The fourth-order valence-corrected chi connectivity index (χ4v) is 3.73. The van der Waals surface area contributed by atoms with Crippen molar-refractivity contribution in [2.75, 3.05) is 5.32 Å². The molecule has 152 valence electrons. The lowest BCUT2D eigenvalue weighted by molar-refractivity contribution is -0.116. The summed E-state index contributed by atoms with van der Waals surface area (Å²) in [6, 6.07) is 21.9. The monoisotopic (exact) mass is 410 g/mol. The summed E-state index contributed by atoms with van der Waals surface area (Å²) in [5.74, 6) is -0.831. The molecular weight excluding hydrogens is 391 g/mol. The number of aromatic nitrogens is 3. The fourth-order valence-electron chi connectivity index (χ4n) is 3.73. The van der Waals surface area contributed by atoms with E-state index >= 15 is 0 Å². The Morgan fingerprint density at radius 3 is 2.52 bits per heavy atom. The van der Waals surface area contributed by atoms with Crippen LogP contribution < -0.4 is 5.32 Å². The van der Waals surface area contributed by atoms with Gasteiger partial charge in [0.15, 0.2) is 0 Å². The van der Waals surface area contributed by atoms with Crippen LogP contribution in [0.2, 0.25) is 0 Å². The lowest BCUT2D eigenvalue weighted by Gasteiger charge is -2.08. The lowest BCUT2D eigenvalue weighted by atomic mass is 10.1. The minimum absolute atomic E-state index is 0.0509. The zero-order valence-electron chi connectivity index (χ0n) is 16.8. The summed E-state index contributed by atoms with van der Waals surface area (Å²) >= 11 is 0. The Hall–Kier alpha value is -4.06. The van der Waals surface area contributed by atoms with Crippen molar-refractivity contribution in [2.24, 2.45) is 0 Å². The van der Waals surface area contributed by atoms with Crippen LogP contribution >= 0.6 is 0 Å². The van der Waals surface area contributed by atoms with Gasteiger partial charge in [0, 0.05) is 22.5 Å². The maximum atomic E-state index is 14.0. The number of nitrogens with zero attached hydrogens (tertiary/aromatic N) is 3. The molecule has 0 atom stereocenters. The molecule has 0 aliphatic heterocycles. The van der Waals surface area contributed by atoms with Gasteiger partial charge < -0.3 is 5.32 Å². The molecule has 0 radical (unpaired) electrons. The second-order valence-electron chi connectivity index (χ2n) is 7.44. The van der Waals surface area contributed by atoms with Gasteiger partial charge in [-0.25, -0.2) is 4.39 Å². The van der Waals surface area contributed by atoms with Crippen LogP contribution in [0.1, 0.15) is 5.56 Å². The van der Waals surface area contributed by atoms with Crippen molar-refractivity contribution in [3.05, 3.63) is 90.4 Å². The number of amides is 1. The van der Waals surface area contributed by atoms with Gasteiger partial charge in [0.05, 0.1) is 16.7 Å². The smallest absolute Gasteiger partial charge is 0.246 e. The molecule has 3 aromatic carbocycles. The number of carbonyl (C=O) groups is 1. The number of fused-ring (bicyclic) bond motifs is 3. The Labute approximate surface area is 178 Å². The molecule has 0 unspecified atom stereocenters. The first-order valence-electron chi connectivity index (χ1n) is 9.96. The molecular formula is C25H19FN4O. The second-order valence-corrected chi connectivity index (χ2v) is 7.44. The number of hydrogen-bond acceptors (Lipinski definition) is 3. The number of hydrogen-bond donors (Lipinski definition) is 1. The molecule has 5 aromatic rings. The molecule has 31 heavy (non-hydrogen) atoms. The molecule has 0 spiro atoms. The zero-order chi connectivity index (χ0) is 21.4. The van der Waals surface area contributed by atoms with Crippen molar-refractivity contribution in [1.82, 2.24) is 14.8 Å². The highest BCUT2D eigenvalue weighted by molar-refractivity contribution is 6.08. The summed E-state index contributed by atoms with van der Waals surface area (Å²) in [5, 5.41) is 9.17. The Balaban J connectivity index is 1.62. The summed E-state index contributed by atoms with van der Waals surface area (Å²) in [7, 11) is 0. The Bertz CT molecular complexity index is 1420. The summed E-state index contributed by atoms with van der Waals surface area (Å²) in [5.41, 5.74) is 4.65. The molecule has 0 aliphatic rings. The summed E-state index contributed by atoms with van der Waals surface area (Å²) in [4.78, 5) is 17.3. The van der Waals surface area contributed by atoms with Crippen LogP contribution in [-0.2, 0) is 11.3 Å². The van der Waals surface area contributed by atoms with Crippen LogP contribution in [0.25, 0.3) is 33.1 Å². The molecule has 0 fully saturated rings. The average Bonchev–Trinajstić information content (AvgIpc) is 3.14. The topological polar surface area (TPSA) is 59.8 Å². The Morgan fingerprint density at radius 2 is 1.71 bits per heavy atom. The number of benzene rings is 3. The lowest BCUT2D eigenvalue weighted by Crippen LogP contribution is -2.20. The van der Waals surface area contributed by atoms with E-state index in [4.69, 9.17) is 5.10 Å².